The number of nitrogens with zero attached hydrogens (tertiary/aromatic N) is 2. The predicted molar refractivity (Wildman–Crippen MR) is 75.3 cm³/mol. The van der Waals surface area contributed by atoms with Crippen LogP contribution in [0, 0.1) is 0 Å². The molecule has 0 amide bonds. The summed E-state index contributed by atoms with van der Waals surface area (Å²) in [7, 11) is 5.32. The Morgan fingerprint density at radius 3 is 2.26 bits per heavy atom. The summed E-state index contributed by atoms with van der Waals surface area (Å²) >= 11 is 0. The molecule has 0 fully saturated rings. The Labute approximate surface area is 112 Å². The van der Waals surface area contributed by atoms with Crippen molar-refractivity contribution in [1.82, 2.24) is 4.98 Å². The lowest BCUT2D eigenvalue weighted by Gasteiger charge is -2.12. The van der Waals surface area contributed by atoms with Crippen LogP contribution in [0.5, 0.6) is 0 Å². The quantitative estimate of drug-likeness (QED) is 0.792. The van der Waals surface area contributed by atoms with Gasteiger partial charge in [0.25, 0.3) is 0 Å². The average Bonchev–Trinajstić information content (AvgIpc) is 2.46. The summed E-state index contributed by atoms with van der Waals surface area (Å²) < 4.78 is 4.66. The van der Waals surface area contributed by atoms with Gasteiger partial charge in [-0.1, -0.05) is 12.1 Å². The number of esters is 1. The Balaban J connectivity index is 2.24. The van der Waals surface area contributed by atoms with Crippen LogP contribution >= 0.6 is 0 Å². The number of pyridine rings is 1. The summed E-state index contributed by atoms with van der Waals surface area (Å²) in [5.41, 5.74) is 3.44. The fraction of sp³-hybridized carbons (Fsp3) is 0.200. The third-order valence-electron chi connectivity index (χ3n) is 2.87. The van der Waals surface area contributed by atoms with Gasteiger partial charge in [-0.3, -0.25) is 4.98 Å². The molecule has 98 valence electrons. The van der Waals surface area contributed by atoms with Crippen LogP contribution in [0.4, 0.5) is 5.69 Å². The van der Waals surface area contributed by atoms with E-state index in [0.29, 0.717) is 5.56 Å². The monoisotopic (exact) mass is 256 g/mol. The van der Waals surface area contributed by atoms with Gasteiger partial charge < -0.3 is 9.64 Å². The van der Waals surface area contributed by atoms with Crippen molar-refractivity contribution in [1.29, 1.82) is 0 Å². The number of rotatable bonds is 3. The molecular weight excluding hydrogens is 240 g/mol. The van der Waals surface area contributed by atoms with Crippen molar-refractivity contribution in [2.24, 2.45) is 0 Å². The molecule has 0 saturated heterocycles. The van der Waals surface area contributed by atoms with Crippen molar-refractivity contribution in [2.75, 3.05) is 26.1 Å². The van der Waals surface area contributed by atoms with Crippen molar-refractivity contribution in [3.8, 4) is 11.3 Å². The minimum absolute atomic E-state index is 0.331. The third-order valence-corrected chi connectivity index (χ3v) is 2.87. The Morgan fingerprint density at radius 1 is 1.11 bits per heavy atom. The van der Waals surface area contributed by atoms with Crippen LogP contribution in [-0.4, -0.2) is 32.2 Å². The molecule has 0 aliphatic rings. The molecule has 0 saturated carbocycles. The SMILES string of the molecule is COC(=O)c1ccc(-c2ccc(N(C)C)cn2)cc1. The highest BCUT2D eigenvalue weighted by atomic mass is 16.5. The first kappa shape index (κ1) is 13.1. The van der Waals surface area contributed by atoms with E-state index < -0.39 is 0 Å². The molecule has 2 rings (SSSR count). The third kappa shape index (κ3) is 2.91. The number of methoxy groups -OCH3 is 1. The molecule has 0 aliphatic carbocycles. The van der Waals surface area contributed by atoms with Crippen molar-refractivity contribution in [3.63, 3.8) is 0 Å². The van der Waals surface area contributed by atoms with Crippen molar-refractivity contribution < 1.29 is 9.53 Å². The molecule has 1 aromatic heterocycles. The first-order chi connectivity index (χ1) is 9.11. The van der Waals surface area contributed by atoms with Gasteiger partial charge in [-0.15, -0.1) is 0 Å². The van der Waals surface area contributed by atoms with Gasteiger partial charge in [0, 0.05) is 19.7 Å². The Morgan fingerprint density at radius 2 is 1.79 bits per heavy atom. The molecule has 4 heteroatoms. The number of hydrogen-bond donors (Lipinski definition) is 0. The van der Waals surface area contributed by atoms with Crippen LogP contribution < -0.4 is 4.90 Å². The average molecular weight is 256 g/mol. The maximum absolute atomic E-state index is 11.3. The number of aromatic nitrogens is 1. The highest BCUT2D eigenvalue weighted by Crippen LogP contribution is 2.20. The molecular formula is C15H16N2O2. The maximum Gasteiger partial charge on any atom is 0.337 e. The van der Waals surface area contributed by atoms with E-state index in [9.17, 15) is 4.79 Å². The number of carbonyl (C=O) groups is 1. The minimum Gasteiger partial charge on any atom is -0.465 e. The van der Waals surface area contributed by atoms with Crippen LogP contribution in [-0.2, 0) is 4.74 Å². The van der Waals surface area contributed by atoms with Crippen LogP contribution in [0.15, 0.2) is 42.6 Å². The first-order valence-corrected chi connectivity index (χ1v) is 5.94. The molecule has 4 nitrogen and oxygen atoms in total. The highest BCUT2D eigenvalue weighted by molar-refractivity contribution is 5.89. The summed E-state index contributed by atoms with van der Waals surface area (Å²) in [6.45, 7) is 0. The number of hydrogen-bond acceptors (Lipinski definition) is 4. The predicted octanol–water partition coefficient (Wildman–Crippen LogP) is 2.60. The van der Waals surface area contributed by atoms with Crippen molar-refractivity contribution in [3.05, 3.63) is 48.2 Å². The molecule has 2 aromatic rings. The number of anilines is 1. The fourth-order valence-electron chi connectivity index (χ4n) is 1.72. The lowest BCUT2D eigenvalue weighted by Crippen LogP contribution is -2.08. The van der Waals surface area contributed by atoms with Crippen LogP contribution in [0.2, 0.25) is 0 Å². The number of benzene rings is 1. The van der Waals surface area contributed by atoms with E-state index in [2.05, 4.69) is 9.72 Å². The largest absolute Gasteiger partial charge is 0.465 e. The minimum atomic E-state index is -0.331. The Kier molecular flexibility index (Phi) is 3.80. The normalized spacial score (nSPS) is 10.1. The second-order valence-electron chi connectivity index (χ2n) is 4.36. The standard InChI is InChI=1S/C15H16N2O2/c1-17(2)13-8-9-14(16-10-13)11-4-6-12(7-5-11)15(18)19-3/h4-10H,1-3H3. The molecule has 19 heavy (non-hydrogen) atoms. The fourth-order valence-corrected chi connectivity index (χ4v) is 1.72. The molecule has 0 atom stereocenters. The van der Waals surface area contributed by atoms with E-state index in [1.807, 2.05) is 49.5 Å². The van der Waals surface area contributed by atoms with E-state index in [-0.39, 0.29) is 5.97 Å². The van der Waals surface area contributed by atoms with Crippen LogP contribution in [0.25, 0.3) is 11.3 Å². The highest BCUT2D eigenvalue weighted by Gasteiger charge is 2.06. The molecule has 0 radical (unpaired) electrons. The molecule has 0 aliphatic heterocycles. The molecule has 0 N–H and O–H groups in total. The summed E-state index contributed by atoms with van der Waals surface area (Å²) in [6.07, 6.45) is 1.82. The van der Waals surface area contributed by atoms with E-state index in [0.717, 1.165) is 16.9 Å². The molecule has 1 heterocycles. The lowest BCUT2D eigenvalue weighted by atomic mass is 10.1. The van der Waals surface area contributed by atoms with Gasteiger partial charge in [0.15, 0.2) is 0 Å². The zero-order valence-electron chi connectivity index (χ0n) is 11.3. The molecule has 0 bridgehead atoms. The molecule has 0 unspecified atom stereocenters. The van der Waals surface area contributed by atoms with Gasteiger partial charge in [0.1, 0.15) is 0 Å². The van der Waals surface area contributed by atoms with Crippen molar-refractivity contribution >= 4 is 11.7 Å². The smallest absolute Gasteiger partial charge is 0.337 e. The van der Waals surface area contributed by atoms with Crippen molar-refractivity contribution in [2.45, 2.75) is 0 Å². The number of carbonyl (C=O) groups excluding carboxylic acids is 1. The van der Waals surface area contributed by atoms with E-state index in [4.69, 9.17) is 0 Å². The van der Waals surface area contributed by atoms with Gasteiger partial charge >= 0.3 is 5.97 Å². The van der Waals surface area contributed by atoms with E-state index in [1.165, 1.54) is 7.11 Å². The Bertz CT molecular complexity index is 560. The van der Waals surface area contributed by atoms with Gasteiger partial charge in [-0.2, -0.15) is 0 Å². The summed E-state index contributed by atoms with van der Waals surface area (Å²) in [5.74, 6) is -0.331. The molecule has 1 aromatic carbocycles. The summed E-state index contributed by atoms with van der Waals surface area (Å²) in [5, 5.41) is 0. The maximum atomic E-state index is 11.3. The second-order valence-corrected chi connectivity index (χ2v) is 4.36. The van der Waals surface area contributed by atoms with Crippen LogP contribution in [0.1, 0.15) is 10.4 Å². The first-order valence-electron chi connectivity index (χ1n) is 5.94. The summed E-state index contributed by atoms with van der Waals surface area (Å²) in [6, 6.07) is 11.2. The zero-order chi connectivity index (χ0) is 13.8. The van der Waals surface area contributed by atoms with E-state index in [1.54, 1.807) is 12.1 Å². The lowest BCUT2D eigenvalue weighted by molar-refractivity contribution is 0.0601. The van der Waals surface area contributed by atoms with E-state index >= 15 is 0 Å². The summed E-state index contributed by atoms with van der Waals surface area (Å²) in [4.78, 5) is 17.7. The van der Waals surface area contributed by atoms with Gasteiger partial charge in [0.2, 0.25) is 0 Å². The molecule has 0 spiro atoms. The van der Waals surface area contributed by atoms with Gasteiger partial charge in [0.05, 0.1) is 30.3 Å². The Hall–Kier alpha value is -2.36. The second kappa shape index (κ2) is 5.52. The topological polar surface area (TPSA) is 42.4 Å². The van der Waals surface area contributed by atoms with Gasteiger partial charge in [-0.25, -0.2) is 4.79 Å². The van der Waals surface area contributed by atoms with Crippen LogP contribution in [0.3, 0.4) is 0 Å². The zero-order valence-corrected chi connectivity index (χ0v) is 11.3. The number of ether oxygens (including phenoxy) is 1. The van der Waals surface area contributed by atoms with Gasteiger partial charge in [-0.05, 0) is 24.3 Å².